The molecule has 0 N–H and O–H groups in total. The van der Waals surface area contributed by atoms with Gasteiger partial charge in [-0.2, -0.15) is 17.6 Å². The molecule has 0 aromatic heterocycles. The van der Waals surface area contributed by atoms with Crippen LogP contribution in [0.15, 0.2) is 0 Å². The van der Waals surface area contributed by atoms with Crippen molar-refractivity contribution >= 4 is 0 Å². The number of halogens is 7. The lowest BCUT2D eigenvalue weighted by Gasteiger charge is -2.23. The van der Waals surface area contributed by atoms with Crippen molar-refractivity contribution in [1.82, 2.24) is 0 Å². The summed E-state index contributed by atoms with van der Waals surface area (Å²) in [6.07, 6.45) is -11.5. The molecular weight excluding hydrogens is 197 g/mol. The Labute approximate surface area is 62.1 Å². The van der Waals surface area contributed by atoms with Gasteiger partial charge in [0.15, 0.2) is 0 Å². The fourth-order valence-electron chi connectivity index (χ4n) is 0.220. The molecular formula is C4H2F7O. The van der Waals surface area contributed by atoms with Gasteiger partial charge in [-0.15, -0.1) is 13.2 Å². The van der Waals surface area contributed by atoms with Gasteiger partial charge >= 0.3 is 18.4 Å². The topological polar surface area (TPSA) is 9.23 Å². The third kappa shape index (κ3) is 3.24. The summed E-state index contributed by atoms with van der Waals surface area (Å²) in [5.74, 6) is -5.12. The van der Waals surface area contributed by atoms with E-state index in [1.165, 1.54) is 6.92 Å². The summed E-state index contributed by atoms with van der Waals surface area (Å²) in [6, 6.07) is 0. The fraction of sp³-hybridized carbons (Fsp3) is 0.750. The molecule has 0 aromatic carbocycles. The quantitative estimate of drug-likeness (QED) is 0.621. The fourth-order valence-corrected chi connectivity index (χ4v) is 0.220. The lowest BCUT2D eigenvalue weighted by atomic mass is 10.4. The van der Waals surface area contributed by atoms with Crippen molar-refractivity contribution in [2.45, 2.75) is 18.4 Å². The first-order valence-electron chi connectivity index (χ1n) is 2.33. The molecule has 0 amide bonds. The molecule has 0 aromatic rings. The molecule has 1 radical (unpaired) electrons. The van der Waals surface area contributed by atoms with E-state index in [1.807, 2.05) is 4.74 Å². The van der Waals surface area contributed by atoms with E-state index >= 15 is 0 Å². The van der Waals surface area contributed by atoms with Crippen LogP contribution in [0, 0.1) is 6.92 Å². The number of alkyl halides is 7. The Balaban J connectivity index is 4.44. The summed E-state index contributed by atoms with van der Waals surface area (Å²) in [7, 11) is 0. The Morgan fingerprint density at radius 3 is 1.25 bits per heavy atom. The largest absolute Gasteiger partial charge is 0.527 e. The molecule has 0 aliphatic rings. The molecule has 0 aliphatic carbocycles. The highest BCUT2D eigenvalue weighted by atomic mass is 19.4. The zero-order valence-electron chi connectivity index (χ0n) is 5.26. The molecule has 0 saturated carbocycles. The molecule has 0 aliphatic heterocycles. The van der Waals surface area contributed by atoms with Gasteiger partial charge in [-0.05, 0) is 0 Å². The van der Waals surface area contributed by atoms with Crippen molar-refractivity contribution < 1.29 is 35.5 Å². The molecule has 0 fully saturated rings. The molecule has 0 spiro atoms. The normalized spacial score (nSPS) is 15.0. The van der Waals surface area contributed by atoms with Crippen LogP contribution in [0.1, 0.15) is 0 Å². The molecule has 0 atom stereocenters. The first-order valence-corrected chi connectivity index (χ1v) is 2.33. The number of ether oxygens (including phenoxy) is 1. The summed E-state index contributed by atoms with van der Waals surface area (Å²) < 4.78 is 81.3. The zero-order chi connectivity index (χ0) is 10.2. The molecule has 0 saturated heterocycles. The van der Waals surface area contributed by atoms with Crippen LogP contribution >= 0.6 is 0 Å². The van der Waals surface area contributed by atoms with Gasteiger partial charge in [-0.1, -0.05) is 0 Å². The Kier molecular flexibility index (Phi) is 2.63. The SMILES string of the molecule is [CH2]C(F)(F)C(F)(F)OC(F)(F)F. The average Bonchev–Trinajstić information content (AvgIpc) is 1.52. The van der Waals surface area contributed by atoms with Crippen molar-refractivity contribution in [1.29, 1.82) is 0 Å². The molecule has 0 rings (SSSR count). The van der Waals surface area contributed by atoms with Crippen LogP contribution in [-0.4, -0.2) is 18.4 Å². The van der Waals surface area contributed by atoms with Crippen molar-refractivity contribution in [2.24, 2.45) is 0 Å². The van der Waals surface area contributed by atoms with Crippen LogP contribution in [0.2, 0.25) is 0 Å². The molecule has 1 nitrogen and oxygen atoms in total. The summed E-state index contributed by atoms with van der Waals surface area (Å²) in [5, 5.41) is 0. The molecule has 0 heterocycles. The van der Waals surface area contributed by atoms with Crippen molar-refractivity contribution in [3.8, 4) is 0 Å². The minimum absolute atomic E-state index is 1.52. The van der Waals surface area contributed by atoms with E-state index in [0.717, 1.165) is 0 Å². The lowest BCUT2D eigenvalue weighted by molar-refractivity contribution is -0.459. The van der Waals surface area contributed by atoms with Crippen molar-refractivity contribution in [2.75, 3.05) is 0 Å². The lowest BCUT2D eigenvalue weighted by Crippen LogP contribution is -2.44. The molecule has 8 heteroatoms. The highest BCUT2D eigenvalue weighted by Gasteiger charge is 2.59. The van der Waals surface area contributed by atoms with Gasteiger partial charge in [-0.3, -0.25) is 0 Å². The van der Waals surface area contributed by atoms with E-state index in [4.69, 9.17) is 0 Å². The van der Waals surface area contributed by atoms with E-state index < -0.39 is 18.4 Å². The monoisotopic (exact) mass is 199 g/mol. The summed E-state index contributed by atoms with van der Waals surface area (Å²) in [4.78, 5) is 0. The van der Waals surface area contributed by atoms with E-state index in [9.17, 15) is 30.7 Å². The molecule has 73 valence electrons. The third-order valence-corrected chi connectivity index (χ3v) is 0.670. The van der Waals surface area contributed by atoms with Crippen molar-refractivity contribution in [3.05, 3.63) is 6.92 Å². The average molecular weight is 199 g/mol. The summed E-state index contributed by atoms with van der Waals surface area (Å²) in [6.45, 7) is 1.52. The minimum Gasteiger partial charge on any atom is -0.221 e. The standard InChI is InChI=1S/C4H2F7O/c1-2(5,6)3(7,8)12-4(9,10)11/h1H2. The summed E-state index contributed by atoms with van der Waals surface area (Å²) in [5.41, 5.74) is 0. The van der Waals surface area contributed by atoms with E-state index in [0.29, 0.717) is 0 Å². The highest BCUT2D eigenvalue weighted by Crippen LogP contribution is 2.38. The Hall–Kier alpha value is -0.530. The maximum absolute atomic E-state index is 11.7. The molecule has 0 bridgehead atoms. The summed E-state index contributed by atoms with van der Waals surface area (Å²) >= 11 is 0. The van der Waals surface area contributed by atoms with Gasteiger partial charge in [0.1, 0.15) is 0 Å². The second-order valence-corrected chi connectivity index (χ2v) is 1.77. The minimum atomic E-state index is -5.83. The van der Waals surface area contributed by atoms with Gasteiger partial charge in [0.2, 0.25) is 0 Å². The highest BCUT2D eigenvalue weighted by molar-refractivity contribution is 4.79. The van der Waals surface area contributed by atoms with Gasteiger partial charge < -0.3 is 0 Å². The van der Waals surface area contributed by atoms with Crippen LogP contribution in [0.5, 0.6) is 0 Å². The second kappa shape index (κ2) is 2.75. The predicted molar refractivity (Wildman–Crippen MR) is 22.4 cm³/mol. The van der Waals surface area contributed by atoms with Crippen molar-refractivity contribution in [3.63, 3.8) is 0 Å². The Bertz CT molecular complexity index is 154. The number of hydrogen-bond acceptors (Lipinski definition) is 1. The molecule has 0 unspecified atom stereocenters. The first-order chi connectivity index (χ1) is 4.96. The third-order valence-electron chi connectivity index (χ3n) is 0.670. The van der Waals surface area contributed by atoms with E-state index in [2.05, 4.69) is 0 Å². The number of rotatable bonds is 2. The molecule has 12 heavy (non-hydrogen) atoms. The Morgan fingerprint density at radius 2 is 1.17 bits per heavy atom. The van der Waals surface area contributed by atoms with Crippen LogP contribution in [0.3, 0.4) is 0 Å². The van der Waals surface area contributed by atoms with Gasteiger partial charge in [-0.25, -0.2) is 4.74 Å². The smallest absolute Gasteiger partial charge is 0.221 e. The number of hydrogen-bond donors (Lipinski definition) is 0. The maximum Gasteiger partial charge on any atom is 0.527 e. The van der Waals surface area contributed by atoms with Crippen LogP contribution in [0.25, 0.3) is 0 Å². The van der Waals surface area contributed by atoms with Crippen LogP contribution in [0.4, 0.5) is 30.7 Å². The van der Waals surface area contributed by atoms with Crippen LogP contribution < -0.4 is 0 Å². The van der Waals surface area contributed by atoms with Gasteiger partial charge in [0.25, 0.3) is 0 Å². The maximum atomic E-state index is 11.7. The van der Waals surface area contributed by atoms with Gasteiger partial charge in [0.05, 0.1) is 0 Å². The second-order valence-electron chi connectivity index (χ2n) is 1.77. The van der Waals surface area contributed by atoms with E-state index in [-0.39, 0.29) is 0 Å². The first kappa shape index (κ1) is 11.5. The Morgan fingerprint density at radius 1 is 0.833 bits per heavy atom. The zero-order valence-corrected chi connectivity index (χ0v) is 5.26. The van der Waals surface area contributed by atoms with Crippen LogP contribution in [-0.2, 0) is 4.74 Å². The predicted octanol–water partition coefficient (Wildman–Crippen LogP) is 2.58. The van der Waals surface area contributed by atoms with Gasteiger partial charge in [0, 0.05) is 6.92 Å². The van der Waals surface area contributed by atoms with E-state index in [1.54, 1.807) is 0 Å².